The highest BCUT2D eigenvalue weighted by Crippen LogP contribution is 2.35. The third-order valence-electron chi connectivity index (χ3n) is 3.79. The van der Waals surface area contributed by atoms with Gasteiger partial charge in [-0.25, -0.2) is 13.1 Å². The Balaban J connectivity index is 2.06. The Labute approximate surface area is 114 Å². The summed E-state index contributed by atoms with van der Waals surface area (Å²) in [6.07, 6.45) is 3.79. The molecule has 0 heterocycles. The molecule has 0 saturated heterocycles. The van der Waals surface area contributed by atoms with Gasteiger partial charge < -0.3 is 5.11 Å². The molecule has 4 nitrogen and oxygen atoms in total. The van der Waals surface area contributed by atoms with E-state index in [9.17, 15) is 13.5 Å². The lowest BCUT2D eigenvalue weighted by atomic mass is 9.76. The fraction of sp³-hybridized carbons (Fsp3) is 0.571. The van der Waals surface area contributed by atoms with Crippen LogP contribution in [-0.2, 0) is 10.0 Å². The fourth-order valence-corrected chi connectivity index (χ4v) is 3.80. The third kappa shape index (κ3) is 3.70. The Bertz CT molecular complexity index is 542. The summed E-state index contributed by atoms with van der Waals surface area (Å²) < 4.78 is 27.1. The van der Waals surface area contributed by atoms with E-state index in [4.69, 9.17) is 0 Å². The van der Waals surface area contributed by atoms with Crippen LogP contribution in [0, 0.1) is 5.41 Å². The summed E-state index contributed by atoms with van der Waals surface area (Å²) in [7, 11) is -3.53. The van der Waals surface area contributed by atoms with E-state index in [2.05, 4.69) is 18.6 Å². The van der Waals surface area contributed by atoms with Gasteiger partial charge in [0.1, 0.15) is 5.75 Å². The molecule has 1 aromatic carbocycles. The van der Waals surface area contributed by atoms with Crippen molar-refractivity contribution in [1.29, 1.82) is 0 Å². The van der Waals surface area contributed by atoms with E-state index in [1.807, 2.05) is 0 Å². The van der Waals surface area contributed by atoms with Crippen LogP contribution in [0.4, 0.5) is 0 Å². The highest BCUT2D eigenvalue weighted by molar-refractivity contribution is 7.89. The van der Waals surface area contributed by atoms with E-state index in [0.29, 0.717) is 5.41 Å². The zero-order valence-electron chi connectivity index (χ0n) is 11.4. The highest BCUT2D eigenvalue weighted by atomic mass is 32.2. The Kier molecular flexibility index (Phi) is 3.87. The largest absolute Gasteiger partial charge is 0.508 e. The number of sulfonamides is 1. The molecule has 5 heteroatoms. The van der Waals surface area contributed by atoms with Crippen LogP contribution < -0.4 is 4.72 Å². The van der Waals surface area contributed by atoms with Crippen LogP contribution in [-0.4, -0.2) is 19.6 Å². The second kappa shape index (κ2) is 5.13. The molecule has 0 aliphatic heterocycles. The first-order valence-electron chi connectivity index (χ1n) is 6.60. The lowest BCUT2D eigenvalue weighted by molar-refractivity contribution is 0.218. The van der Waals surface area contributed by atoms with E-state index >= 15 is 0 Å². The maximum atomic E-state index is 12.2. The number of benzene rings is 1. The average Bonchev–Trinajstić information content (AvgIpc) is 2.32. The number of hydrogen-bond donors (Lipinski definition) is 2. The van der Waals surface area contributed by atoms with Crippen LogP contribution in [0.1, 0.15) is 39.5 Å². The molecule has 19 heavy (non-hydrogen) atoms. The minimum atomic E-state index is -3.53. The predicted octanol–water partition coefficient (Wildman–Crippen LogP) is 2.64. The molecule has 0 radical (unpaired) electrons. The van der Waals surface area contributed by atoms with Crippen molar-refractivity contribution in [2.45, 2.75) is 50.5 Å². The summed E-state index contributed by atoms with van der Waals surface area (Å²) in [4.78, 5) is 0.123. The molecule has 2 N–H and O–H groups in total. The van der Waals surface area contributed by atoms with Crippen molar-refractivity contribution in [2.75, 3.05) is 0 Å². The second-order valence-corrected chi connectivity index (χ2v) is 7.77. The Hall–Kier alpha value is -1.07. The fourth-order valence-electron chi connectivity index (χ4n) is 2.46. The van der Waals surface area contributed by atoms with Gasteiger partial charge in [0.05, 0.1) is 4.90 Å². The van der Waals surface area contributed by atoms with Gasteiger partial charge in [-0.1, -0.05) is 19.9 Å². The Morgan fingerprint density at radius 2 is 1.89 bits per heavy atom. The van der Waals surface area contributed by atoms with E-state index in [-0.39, 0.29) is 16.7 Å². The van der Waals surface area contributed by atoms with Gasteiger partial charge in [0.25, 0.3) is 0 Å². The quantitative estimate of drug-likeness (QED) is 0.896. The topological polar surface area (TPSA) is 66.4 Å². The zero-order chi connectivity index (χ0) is 14.1. The van der Waals surface area contributed by atoms with Crippen LogP contribution in [0.5, 0.6) is 5.75 Å². The van der Waals surface area contributed by atoms with Gasteiger partial charge in [-0.2, -0.15) is 0 Å². The van der Waals surface area contributed by atoms with E-state index in [1.165, 1.54) is 24.3 Å². The number of phenols is 1. The molecule has 0 aromatic heterocycles. The monoisotopic (exact) mass is 283 g/mol. The van der Waals surface area contributed by atoms with Gasteiger partial charge >= 0.3 is 0 Å². The van der Waals surface area contributed by atoms with Crippen LogP contribution >= 0.6 is 0 Å². The second-order valence-electron chi connectivity index (χ2n) is 6.06. The molecule has 0 unspecified atom stereocenters. The molecular formula is C14H21NO3S. The van der Waals surface area contributed by atoms with E-state index in [0.717, 1.165) is 25.7 Å². The standard InChI is InChI=1S/C14H21NO3S/c1-14(2)8-6-11(7-9-14)15-19(17,18)13-5-3-4-12(16)10-13/h3-5,10-11,15-16H,6-9H2,1-2H3. The number of nitrogens with one attached hydrogen (secondary N) is 1. The number of aromatic hydroxyl groups is 1. The van der Waals surface area contributed by atoms with Crippen molar-refractivity contribution in [3.8, 4) is 5.75 Å². The maximum Gasteiger partial charge on any atom is 0.240 e. The molecule has 1 aliphatic carbocycles. The van der Waals surface area contributed by atoms with Crippen molar-refractivity contribution in [2.24, 2.45) is 5.41 Å². The average molecular weight is 283 g/mol. The summed E-state index contributed by atoms with van der Waals surface area (Å²) >= 11 is 0. The molecule has 2 rings (SSSR count). The molecule has 1 aliphatic rings. The minimum Gasteiger partial charge on any atom is -0.508 e. The summed E-state index contributed by atoms with van der Waals surface area (Å²) in [6.45, 7) is 4.43. The normalized spacial score (nSPS) is 20.3. The Morgan fingerprint density at radius 1 is 1.26 bits per heavy atom. The molecule has 1 fully saturated rings. The predicted molar refractivity (Wildman–Crippen MR) is 74.5 cm³/mol. The Morgan fingerprint density at radius 3 is 2.47 bits per heavy atom. The van der Waals surface area contributed by atoms with Gasteiger partial charge in [0, 0.05) is 6.04 Å². The molecule has 0 atom stereocenters. The van der Waals surface area contributed by atoms with Gasteiger partial charge in [-0.3, -0.25) is 0 Å². The third-order valence-corrected chi connectivity index (χ3v) is 5.31. The summed E-state index contributed by atoms with van der Waals surface area (Å²) in [5.74, 6) is -0.0346. The van der Waals surface area contributed by atoms with Crippen molar-refractivity contribution < 1.29 is 13.5 Å². The van der Waals surface area contributed by atoms with Crippen LogP contribution in [0.2, 0.25) is 0 Å². The van der Waals surface area contributed by atoms with Gasteiger partial charge in [0.2, 0.25) is 10.0 Å². The van der Waals surface area contributed by atoms with Crippen molar-refractivity contribution >= 4 is 10.0 Å². The molecule has 1 saturated carbocycles. The zero-order valence-corrected chi connectivity index (χ0v) is 12.2. The van der Waals surface area contributed by atoms with Crippen LogP contribution in [0.25, 0.3) is 0 Å². The first-order valence-corrected chi connectivity index (χ1v) is 8.08. The molecule has 0 bridgehead atoms. The summed E-state index contributed by atoms with van der Waals surface area (Å²) in [6, 6.07) is 5.76. The highest BCUT2D eigenvalue weighted by Gasteiger charge is 2.29. The SMILES string of the molecule is CC1(C)CCC(NS(=O)(=O)c2cccc(O)c2)CC1. The molecule has 106 valence electrons. The van der Waals surface area contributed by atoms with Crippen LogP contribution in [0.15, 0.2) is 29.2 Å². The van der Waals surface area contributed by atoms with E-state index in [1.54, 1.807) is 0 Å². The van der Waals surface area contributed by atoms with Crippen molar-refractivity contribution in [3.05, 3.63) is 24.3 Å². The minimum absolute atomic E-state index is 0.000346. The summed E-state index contributed by atoms with van der Waals surface area (Å²) in [5, 5.41) is 9.36. The van der Waals surface area contributed by atoms with Gasteiger partial charge in [-0.05, 0) is 49.3 Å². The van der Waals surface area contributed by atoms with Gasteiger partial charge in [-0.15, -0.1) is 0 Å². The maximum absolute atomic E-state index is 12.2. The van der Waals surface area contributed by atoms with Crippen LogP contribution in [0.3, 0.4) is 0 Å². The lowest BCUT2D eigenvalue weighted by Crippen LogP contribution is -2.39. The smallest absolute Gasteiger partial charge is 0.240 e. The lowest BCUT2D eigenvalue weighted by Gasteiger charge is -2.34. The number of hydrogen-bond acceptors (Lipinski definition) is 3. The number of phenolic OH excluding ortho intramolecular Hbond substituents is 1. The van der Waals surface area contributed by atoms with Gasteiger partial charge in [0.15, 0.2) is 0 Å². The van der Waals surface area contributed by atoms with Crippen molar-refractivity contribution in [3.63, 3.8) is 0 Å². The van der Waals surface area contributed by atoms with E-state index < -0.39 is 10.0 Å². The molecule has 1 aromatic rings. The molecular weight excluding hydrogens is 262 g/mol. The summed E-state index contributed by atoms with van der Waals surface area (Å²) in [5.41, 5.74) is 0.312. The van der Waals surface area contributed by atoms with Crippen molar-refractivity contribution in [1.82, 2.24) is 4.72 Å². The first-order chi connectivity index (χ1) is 8.78. The number of rotatable bonds is 3. The molecule has 0 spiro atoms. The first kappa shape index (κ1) is 14.3. The molecule has 0 amide bonds.